The van der Waals surface area contributed by atoms with Gasteiger partial charge in [0.15, 0.2) is 23.0 Å². The summed E-state index contributed by atoms with van der Waals surface area (Å²) in [4.78, 5) is 27.8. The number of amides is 2. The van der Waals surface area contributed by atoms with Gasteiger partial charge in [0.05, 0.1) is 21.3 Å². The minimum absolute atomic E-state index is 0.0757. The Balaban J connectivity index is 1.58. The van der Waals surface area contributed by atoms with Crippen molar-refractivity contribution in [3.63, 3.8) is 0 Å². The van der Waals surface area contributed by atoms with Crippen molar-refractivity contribution in [1.82, 2.24) is 4.90 Å². The lowest BCUT2D eigenvalue weighted by Crippen LogP contribution is -2.43. The maximum atomic E-state index is 13.6. The van der Waals surface area contributed by atoms with Gasteiger partial charge in [-0.3, -0.25) is 14.5 Å². The quantitative estimate of drug-likeness (QED) is 0.194. The Morgan fingerprint density at radius 1 is 0.857 bits per heavy atom. The molecule has 0 atom stereocenters. The summed E-state index contributed by atoms with van der Waals surface area (Å²) in [6, 6.07) is 17.7. The summed E-state index contributed by atoms with van der Waals surface area (Å²) in [5, 5.41) is 10.8. The van der Waals surface area contributed by atoms with Crippen molar-refractivity contribution in [2.24, 2.45) is 0 Å². The van der Waals surface area contributed by atoms with Gasteiger partial charge in [0, 0.05) is 27.7 Å². The number of hydrogen-bond donors (Lipinski definition) is 0. The van der Waals surface area contributed by atoms with Gasteiger partial charge in [-0.15, -0.1) is 0 Å². The Kier molecular flexibility index (Phi) is 9.79. The molecule has 0 N–H and O–H groups in total. The normalized spacial score (nSPS) is 14.2. The first-order valence-electron chi connectivity index (χ1n) is 12.9. The summed E-state index contributed by atoms with van der Waals surface area (Å²) in [7, 11) is 4.59. The van der Waals surface area contributed by atoms with Gasteiger partial charge in [0.1, 0.15) is 18.2 Å². The average Bonchev–Trinajstić information content (AvgIpc) is 2.99. The molecule has 4 rings (SSSR count). The SMILES string of the molecule is COc1ccc(CCN2C(=O)C(C#N)=C(C)/C(=C\c3ccc(OCc4ccc(Cl)cc4Cl)c(OC)c3)C2=O)cc1OC. The predicted octanol–water partition coefficient (Wildman–Crippen LogP) is 6.43. The molecule has 0 saturated carbocycles. The predicted molar refractivity (Wildman–Crippen MR) is 160 cm³/mol. The van der Waals surface area contributed by atoms with Crippen LogP contribution >= 0.6 is 23.2 Å². The number of methoxy groups -OCH3 is 3. The number of halogens is 2. The summed E-state index contributed by atoms with van der Waals surface area (Å²) >= 11 is 12.2. The average molecular weight is 607 g/mol. The number of nitriles is 1. The summed E-state index contributed by atoms with van der Waals surface area (Å²) in [6.45, 7) is 1.86. The molecule has 3 aromatic rings. The van der Waals surface area contributed by atoms with Gasteiger partial charge in [0.2, 0.25) is 0 Å². The van der Waals surface area contributed by atoms with Crippen LogP contribution in [0.5, 0.6) is 23.0 Å². The van der Waals surface area contributed by atoms with Crippen molar-refractivity contribution in [3.05, 3.63) is 98.1 Å². The largest absolute Gasteiger partial charge is 0.493 e. The first-order valence-corrected chi connectivity index (χ1v) is 13.6. The van der Waals surface area contributed by atoms with Crippen molar-refractivity contribution in [2.75, 3.05) is 27.9 Å². The van der Waals surface area contributed by atoms with Crippen molar-refractivity contribution in [3.8, 4) is 29.1 Å². The second kappa shape index (κ2) is 13.5. The molecule has 216 valence electrons. The smallest absolute Gasteiger partial charge is 0.271 e. The van der Waals surface area contributed by atoms with Gasteiger partial charge in [-0.1, -0.05) is 41.4 Å². The van der Waals surface area contributed by atoms with Crippen LogP contribution in [0.15, 0.2) is 71.3 Å². The highest BCUT2D eigenvalue weighted by atomic mass is 35.5. The lowest BCUT2D eigenvalue weighted by atomic mass is 9.93. The zero-order valence-electron chi connectivity index (χ0n) is 23.5. The lowest BCUT2D eigenvalue weighted by Gasteiger charge is -2.27. The van der Waals surface area contributed by atoms with E-state index in [1.807, 2.05) is 12.1 Å². The van der Waals surface area contributed by atoms with E-state index in [0.29, 0.717) is 50.6 Å². The molecule has 1 aliphatic rings. The monoisotopic (exact) mass is 606 g/mol. The van der Waals surface area contributed by atoms with E-state index in [9.17, 15) is 14.9 Å². The molecule has 0 fully saturated rings. The van der Waals surface area contributed by atoms with E-state index in [-0.39, 0.29) is 24.3 Å². The molecule has 0 aliphatic carbocycles. The van der Waals surface area contributed by atoms with Gasteiger partial charge >= 0.3 is 0 Å². The van der Waals surface area contributed by atoms with Gasteiger partial charge in [-0.2, -0.15) is 5.26 Å². The van der Waals surface area contributed by atoms with Crippen LogP contribution in [-0.4, -0.2) is 44.6 Å². The molecule has 2 amide bonds. The molecule has 0 radical (unpaired) electrons. The molecule has 10 heteroatoms. The minimum atomic E-state index is -0.625. The first-order chi connectivity index (χ1) is 20.2. The van der Waals surface area contributed by atoms with E-state index < -0.39 is 11.8 Å². The van der Waals surface area contributed by atoms with Crippen LogP contribution in [0.4, 0.5) is 0 Å². The van der Waals surface area contributed by atoms with Crippen molar-refractivity contribution >= 4 is 41.1 Å². The van der Waals surface area contributed by atoms with E-state index in [4.69, 9.17) is 42.1 Å². The second-order valence-electron chi connectivity index (χ2n) is 9.31. The molecule has 1 aliphatic heterocycles. The molecular weight excluding hydrogens is 579 g/mol. The highest BCUT2D eigenvalue weighted by Gasteiger charge is 2.35. The minimum Gasteiger partial charge on any atom is -0.493 e. The van der Waals surface area contributed by atoms with Gasteiger partial charge < -0.3 is 18.9 Å². The Hall–Kier alpha value is -4.45. The van der Waals surface area contributed by atoms with Gasteiger partial charge in [0.25, 0.3) is 11.8 Å². The van der Waals surface area contributed by atoms with Crippen LogP contribution in [0.2, 0.25) is 10.0 Å². The van der Waals surface area contributed by atoms with Crippen LogP contribution in [0.25, 0.3) is 6.08 Å². The van der Waals surface area contributed by atoms with Crippen LogP contribution in [0.1, 0.15) is 23.6 Å². The number of hydrogen-bond acceptors (Lipinski definition) is 7. The van der Waals surface area contributed by atoms with Crippen molar-refractivity contribution < 1.29 is 28.5 Å². The van der Waals surface area contributed by atoms with E-state index in [2.05, 4.69) is 0 Å². The molecular formula is C32H28Cl2N2O6. The maximum absolute atomic E-state index is 13.6. The molecule has 0 saturated heterocycles. The van der Waals surface area contributed by atoms with E-state index in [0.717, 1.165) is 16.0 Å². The molecule has 0 aromatic heterocycles. The summed E-state index contributed by atoms with van der Waals surface area (Å²) in [5.41, 5.74) is 2.68. The lowest BCUT2D eigenvalue weighted by molar-refractivity contribution is -0.140. The third kappa shape index (κ3) is 6.54. The fourth-order valence-corrected chi connectivity index (χ4v) is 4.93. The number of imide groups is 1. The van der Waals surface area contributed by atoms with Crippen LogP contribution < -0.4 is 18.9 Å². The fourth-order valence-electron chi connectivity index (χ4n) is 4.46. The Morgan fingerprint density at radius 2 is 1.55 bits per heavy atom. The Bertz CT molecular complexity index is 1640. The highest BCUT2D eigenvalue weighted by Crippen LogP contribution is 2.33. The standard InChI is InChI=1S/C32H28Cl2N2O6/c1-19-24(13-21-6-10-28(30(15-21)41-4)42-18-22-7-8-23(33)16-26(22)34)31(37)36(32(38)25(19)17-35)12-11-20-5-9-27(39-2)29(14-20)40-3/h5-10,13-16H,11-12,18H2,1-4H3/b24-13+. The Morgan fingerprint density at radius 3 is 2.21 bits per heavy atom. The molecule has 0 bridgehead atoms. The number of ether oxygens (including phenoxy) is 4. The maximum Gasteiger partial charge on any atom is 0.271 e. The molecule has 3 aromatic carbocycles. The Labute approximate surface area is 254 Å². The molecule has 0 unspecified atom stereocenters. The molecule has 42 heavy (non-hydrogen) atoms. The first kappa shape index (κ1) is 30.5. The van der Waals surface area contributed by atoms with Gasteiger partial charge in [-0.25, -0.2) is 0 Å². The van der Waals surface area contributed by atoms with Gasteiger partial charge in [-0.05, 0) is 72.5 Å². The number of nitrogens with zero attached hydrogens (tertiary/aromatic N) is 2. The third-order valence-electron chi connectivity index (χ3n) is 6.79. The molecule has 0 spiro atoms. The summed E-state index contributed by atoms with van der Waals surface area (Å²) < 4.78 is 22.1. The summed E-state index contributed by atoms with van der Waals surface area (Å²) in [6.07, 6.45) is 1.99. The molecule has 1 heterocycles. The number of carbonyl (C=O) groups is 2. The number of rotatable bonds is 10. The fraction of sp³-hybridized carbons (Fsp3) is 0.219. The van der Waals surface area contributed by atoms with Crippen LogP contribution in [0, 0.1) is 11.3 Å². The summed E-state index contributed by atoms with van der Waals surface area (Å²) in [5.74, 6) is 0.896. The van der Waals surface area contributed by atoms with E-state index >= 15 is 0 Å². The number of carbonyl (C=O) groups excluding carboxylic acids is 2. The number of benzene rings is 3. The van der Waals surface area contributed by atoms with E-state index in [1.54, 1.807) is 68.6 Å². The van der Waals surface area contributed by atoms with Crippen LogP contribution in [0.3, 0.4) is 0 Å². The topological polar surface area (TPSA) is 98.1 Å². The zero-order valence-corrected chi connectivity index (χ0v) is 25.0. The third-order valence-corrected chi connectivity index (χ3v) is 7.38. The van der Waals surface area contributed by atoms with Crippen molar-refractivity contribution in [2.45, 2.75) is 20.0 Å². The molecule has 8 nitrogen and oxygen atoms in total. The van der Waals surface area contributed by atoms with Crippen LogP contribution in [-0.2, 0) is 22.6 Å². The second-order valence-corrected chi connectivity index (χ2v) is 10.1. The van der Waals surface area contributed by atoms with E-state index in [1.165, 1.54) is 14.2 Å². The zero-order chi connectivity index (χ0) is 30.4. The van der Waals surface area contributed by atoms with Crippen molar-refractivity contribution in [1.29, 1.82) is 5.26 Å². The highest BCUT2D eigenvalue weighted by molar-refractivity contribution is 6.35.